The molecular formula is C8H17ClNO3P. The van der Waals surface area contributed by atoms with Crippen molar-refractivity contribution in [2.75, 3.05) is 13.3 Å². The Labute approximate surface area is 89.6 Å². The summed E-state index contributed by atoms with van der Waals surface area (Å²) >= 11 is 5.47. The Morgan fingerprint density at radius 1 is 1.50 bits per heavy atom. The highest BCUT2D eigenvalue weighted by Crippen LogP contribution is 2.42. The molecule has 1 unspecified atom stereocenters. The van der Waals surface area contributed by atoms with Crippen molar-refractivity contribution in [2.24, 2.45) is 5.92 Å². The molecule has 0 rings (SSSR count). The molecule has 0 saturated carbocycles. The van der Waals surface area contributed by atoms with E-state index in [0.717, 1.165) is 0 Å². The number of ether oxygens (including phenoxy) is 1. The van der Waals surface area contributed by atoms with Crippen LogP contribution < -0.4 is 5.09 Å². The number of carbonyl (C=O) groups excluding carboxylic acids is 1. The lowest BCUT2D eigenvalue weighted by Gasteiger charge is -2.15. The van der Waals surface area contributed by atoms with Crippen LogP contribution in [0.3, 0.4) is 0 Å². The van der Waals surface area contributed by atoms with Gasteiger partial charge in [-0.05, 0) is 24.1 Å². The Morgan fingerprint density at radius 2 is 2.00 bits per heavy atom. The van der Waals surface area contributed by atoms with Gasteiger partial charge in [-0.25, -0.2) is 5.09 Å². The molecule has 0 fully saturated rings. The monoisotopic (exact) mass is 241 g/mol. The van der Waals surface area contributed by atoms with Gasteiger partial charge in [0.2, 0.25) is 6.65 Å². The van der Waals surface area contributed by atoms with E-state index in [0.29, 0.717) is 6.61 Å². The molecule has 0 bridgehead atoms. The number of carbonyl (C=O) groups is 1. The summed E-state index contributed by atoms with van der Waals surface area (Å²) in [6.07, 6.45) is 0. The molecule has 0 aromatic rings. The van der Waals surface area contributed by atoms with Crippen LogP contribution in [0.4, 0.5) is 0 Å². The van der Waals surface area contributed by atoms with Gasteiger partial charge in [-0.15, -0.1) is 0 Å². The van der Waals surface area contributed by atoms with E-state index in [1.54, 1.807) is 6.92 Å². The smallest absolute Gasteiger partial charge is 0.323 e. The van der Waals surface area contributed by atoms with Gasteiger partial charge in [-0.2, -0.15) is 0 Å². The van der Waals surface area contributed by atoms with Gasteiger partial charge < -0.3 is 4.74 Å². The Balaban J connectivity index is 3.95. The van der Waals surface area contributed by atoms with Crippen molar-refractivity contribution in [2.45, 2.75) is 26.8 Å². The summed E-state index contributed by atoms with van der Waals surface area (Å²) in [5, 5.41) is 2.49. The van der Waals surface area contributed by atoms with Crippen molar-refractivity contribution < 1.29 is 14.1 Å². The molecule has 84 valence electrons. The first kappa shape index (κ1) is 13.9. The maximum atomic E-state index is 11.3. The van der Waals surface area contributed by atoms with E-state index < -0.39 is 18.7 Å². The first-order chi connectivity index (χ1) is 6.22. The average molecular weight is 242 g/mol. The second-order valence-corrected chi connectivity index (χ2v) is 7.53. The molecule has 4 nitrogen and oxygen atoms in total. The third kappa shape index (κ3) is 7.36. The summed E-state index contributed by atoms with van der Waals surface area (Å²) in [7, 11) is 0. The van der Waals surface area contributed by atoms with E-state index in [4.69, 9.17) is 16.0 Å². The Morgan fingerprint density at radius 3 is 2.36 bits per heavy atom. The fourth-order valence-corrected chi connectivity index (χ4v) is 2.01. The third-order valence-electron chi connectivity index (χ3n) is 1.34. The van der Waals surface area contributed by atoms with Crippen molar-refractivity contribution in [3.63, 3.8) is 0 Å². The van der Waals surface area contributed by atoms with Gasteiger partial charge >= 0.3 is 5.97 Å². The Hall–Kier alpha value is -0.0500. The zero-order valence-corrected chi connectivity index (χ0v) is 10.6. The first-order valence-corrected chi connectivity index (χ1v) is 7.50. The molecule has 0 aliphatic rings. The first-order valence-electron chi connectivity index (χ1n) is 4.44. The molecule has 2 atom stereocenters. The summed E-state index contributed by atoms with van der Waals surface area (Å²) < 4.78 is 16.0. The van der Waals surface area contributed by atoms with Gasteiger partial charge in [-0.3, -0.25) is 9.36 Å². The van der Waals surface area contributed by atoms with Crippen molar-refractivity contribution in [1.82, 2.24) is 5.09 Å². The molecule has 0 amide bonds. The molecule has 0 radical (unpaired) electrons. The second-order valence-electron chi connectivity index (χ2n) is 3.69. The Kier molecular flexibility index (Phi) is 5.72. The highest BCUT2D eigenvalue weighted by molar-refractivity contribution is 7.87. The molecule has 0 aliphatic carbocycles. The summed E-state index contributed by atoms with van der Waals surface area (Å²) in [4.78, 5) is 11.3. The lowest BCUT2D eigenvalue weighted by Crippen LogP contribution is -2.32. The molecule has 6 heteroatoms. The predicted molar refractivity (Wildman–Crippen MR) is 57.8 cm³/mol. The lowest BCUT2D eigenvalue weighted by atomic mass is 10.2. The number of esters is 1. The topological polar surface area (TPSA) is 55.4 Å². The lowest BCUT2D eigenvalue weighted by molar-refractivity contribution is -0.146. The summed E-state index contributed by atoms with van der Waals surface area (Å²) in [6.45, 7) is 4.26. The highest BCUT2D eigenvalue weighted by Gasteiger charge is 2.21. The highest BCUT2D eigenvalue weighted by atomic mass is 35.7. The zero-order valence-electron chi connectivity index (χ0n) is 8.91. The molecule has 0 aromatic carbocycles. The molecule has 0 aromatic heterocycles. The minimum absolute atomic E-state index is 0.288. The maximum Gasteiger partial charge on any atom is 0.323 e. The minimum Gasteiger partial charge on any atom is -0.464 e. The van der Waals surface area contributed by atoms with Crippen molar-refractivity contribution >= 4 is 23.9 Å². The second kappa shape index (κ2) is 5.74. The molecule has 1 N–H and O–H groups in total. The number of hydrogen-bond donors (Lipinski definition) is 1. The predicted octanol–water partition coefficient (Wildman–Crippen LogP) is 2.23. The van der Waals surface area contributed by atoms with Crippen LogP contribution in [-0.4, -0.2) is 25.3 Å². The largest absolute Gasteiger partial charge is 0.464 e. The molecule has 0 aliphatic heterocycles. The molecular weight excluding hydrogens is 225 g/mol. The van der Waals surface area contributed by atoms with Crippen LogP contribution in [0.2, 0.25) is 0 Å². The normalized spacial score (nSPS) is 17.6. The van der Waals surface area contributed by atoms with Gasteiger partial charge in [0.1, 0.15) is 6.04 Å². The third-order valence-corrected chi connectivity index (χ3v) is 2.48. The van der Waals surface area contributed by atoms with Gasteiger partial charge in [0.05, 0.1) is 6.61 Å². The number of rotatable bonds is 5. The van der Waals surface area contributed by atoms with Crippen molar-refractivity contribution in [1.29, 1.82) is 0 Å². The zero-order chi connectivity index (χ0) is 11.4. The summed E-state index contributed by atoms with van der Waals surface area (Å²) in [6, 6.07) is -0.637. The molecule has 0 saturated heterocycles. The minimum atomic E-state index is -2.90. The van der Waals surface area contributed by atoms with Crippen LogP contribution in [0.1, 0.15) is 20.8 Å². The van der Waals surface area contributed by atoms with Gasteiger partial charge in [0.25, 0.3) is 0 Å². The van der Waals surface area contributed by atoms with Crippen LogP contribution in [-0.2, 0) is 14.1 Å². The Bertz CT molecular complexity index is 239. The van der Waals surface area contributed by atoms with Crippen LogP contribution in [0.25, 0.3) is 0 Å². The fourth-order valence-electron chi connectivity index (χ4n) is 0.772. The van der Waals surface area contributed by atoms with Crippen molar-refractivity contribution in [3.8, 4) is 0 Å². The quantitative estimate of drug-likeness (QED) is 0.592. The van der Waals surface area contributed by atoms with Gasteiger partial charge in [-0.1, -0.05) is 13.8 Å². The van der Waals surface area contributed by atoms with E-state index in [9.17, 15) is 9.36 Å². The van der Waals surface area contributed by atoms with E-state index in [2.05, 4.69) is 5.09 Å². The van der Waals surface area contributed by atoms with E-state index in [1.807, 2.05) is 13.8 Å². The SMILES string of the molecule is CC(C)COC(=O)[C@H](C)NP(C)(=O)Cl. The fraction of sp³-hybridized carbons (Fsp3) is 0.875. The molecule has 14 heavy (non-hydrogen) atoms. The molecule has 0 heterocycles. The molecule has 0 spiro atoms. The van der Waals surface area contributed by atoms with E-state index >= 15 is 0 Å². The number of halogens is 1. The number of nitrogens with one attached hydrogen (secondary N) is 1. The van der Waals surface area contributed by atoms with E-state index in [-0.39, 0.29) is 5.92 Å². The van der Waals surface area contributed by atoms with Gasteiger partial charge in [0, 0.05) is 6.66 Å². The standard InChI is InChI=1S/C8H17ClNO3P/c1-6(2)5-13-8(11)7(3)10-14(4,9)12/h6-7H,5H2,1-4H3,(H,10,12)/t7-,14?/m0/s1. The van der Waals surface area contributed by atoms with Crippen LogP contribution in [0, 0.1) is 5.92 Å². The van der Waals surface area contributed by atoms with E-state index in [1.165, 1.54) is 6.66 Å². The van der Waals surface area contributed by atoms with Crippen LogP contribution >= 0.6 is 17.9 Å². The summed E-state index contributed by atoms with van der Waals surface area (Å²) in [5.41, 5.74) is 0. The maximum absolute atomic E-state index is 11.3. The summed E-state index contributed by atoms with van der Waals surface area (Å²) in [5.74, 6) is -0.142. The average Bonchev–Trinajstić information content (AvgIpc) is 1.96. The van der Waals surface area contributed by atoms with Crippen molar-refractivity contribution in [3.05, 3.63) is 0 Å². The van der Waals surface area contributed by atoms with Gasteiger partial charge in [0.15, 0.2) is 0 Å². The van der Waals surface area contributed by atoms with Crippen LogP contribution in [0.5, 0.6) is 0 Å². The van der Waals surface area contributed by atoms with Crippen LogP contribution in [0.15, 0.2) is 0 Å². The number of hydrogen-bond acceptors (Lipinski definition) is 3.